The monoisotopic (exact) mass is 429 g/mol. The quantitative estimate of drug-likeness (QED) is 0.253. The zero-order valence-electron chi connectivity index (χ0n) is 17.4. The van der Waals surface area contributed by atoms with E-state index in [1.54, 1.807) is 6.92 Å². The highest BCUT2D eigenvalue weighted by atomic mass is 32.2. The Hall–Kier alpha value is -3.63. The summed E-state index contributed by atoms with van der Waals surface area (Å²) in [6.45, 7) is 2.07. The first-order valence-electron chi connectivity index (χ1n) is 9.64. The fourth-order valence-electron chi connectivity index (χ4n) is 2.97. The Morgan fingerprint density at radius 3 is 2.65 bits per heavy atom. The summed E-state index contributed by atoms with van der Waals surface area (Å²) in [5.74, 6) is 5.76. The van der Waals surface area contributed by atoms with Crippen molar-refractivity contribution < 1.29 is 4.79 Å². The average molecular weight is 430 g/mol. The van der Waals surface area contributed by atoms with Crippen molar-refractivity contribution in [2.24, 2.45) is 10.7 Å². The number of aromatic nitrogens is 2. The predicted octanol–water partition coefficient (Wildman–Crippen LogP) is 4.20. The van der Waals surface area contributed by atoms with Crippen LogP contribution in [0.15, 0.2) is 65.9 Å². The van der Waals surface area contributed by atoms with Gasteiger partial charge in [0.2, 0.25) is 5.78 Å². The minimum absolute atomic E-state index is 0.133. The Labute approximate surface area is 186 Å². The van der Waals surface area contributed by atoms with E-state index in [9.17, 15) is 4.79 Å². The van der Waals surface area contributed by atoms with Gasteiger partial charge in [0.25, 0.3) is 0 Å². The number of thioether (sulfide) groups is 1. The first kappa shape index (κ1) is 22.1. The predicted molar refractivity (Wildman–Crippen MR) is 128 cm³/mol. The van der Waals surface area contributed by atoms with E-state index in [2.05, 4.69) is 32.1 Å². The molecule has 0 amide bonds. The molecule has 0 unspecified atom stereocenters. The van der Waals surface area contributed by atoms with E-state index < -0.39 is 0 Å². The largest absolute Gasteiger partial charge is 0.379 e. The van der Waals surface area contributed by atoms with Crippen LogP contribution in [0.4, 0.5) is 11.5 Å². The summed E-state index contributed by atoms with van der Waals surface area (Å²) in [6, 6.07) is 17.6. The third-order valence-electron chi connectivity index (χ3n) is 4.32. The molecule has 0 aliphatic rings. The molecule has 156 valence electrons. The number of anilines is 2. The maximum Gasteiger partial charge on any atom is 0.209 e. The second kappa shape index (κ2) is 11.0. The number of carbonyl (C=O) groups excluding carboxylic acids is 1. The SMILES string of the molecule is CC#CC(=O)Cc1cc(CN=C(N)SC)cc(Nc2cc(-c3ccccc3)ncn2)c1. The lowest BCUT2D eigenvalue weighted by Crippen LogP contribution is -2.06. The Balaban J connectivity index is 1.90. The lowest BCUT2D eigenvalue weighted by Gasteiger charge is -2.11. The third kappa shape index (κ3) is 6.69. The molecule has 0 aliphatic heterocycles. The number of nitrogens with one attached hydrogen (secondary N) is 1. The molecule has 2 aromatic carbocycles. The summed E-state index contributed by atoms with van der Waals surface area (Å²) in [5.41, 5.74) is 10.2. The van der Waals surface area contributed by atoms with Gasteiger partial charge in [-0.1, -0.05) is 54.1 Å². The van der Waals surface area contributed by atoms with Crippen LogP contribution in [0.1, 0.15) is 18.1 Å². The van der Waals surface area contributed by atoms with Crippen LogP contribution >= 0.6 is 11.8 Å². The van der Waals surface area contributed by atoms with E-state index in [1.807, 2.05) is 60.9 Å². The molecule has 3 N–H and O–H groups in total. The molecule has 6 nitrogen and oxygen atoms in total. The highest BCUT2D eigenvalue weighted by Gasteiger charge is 2.08. The highest BCUT2D eigenvalue weighted by molar-refractivity contribution is 8.13. The third-order valence-corrected chi connectivity index (χ3v) is 4.86. The van der Waals surface area contributed by atoms with Crippen LogP contribution in [0, 0.1) is 11.8 Å². The fourth-order valence-corrected chi connectivity index (χ4v) is 3.16. The summed E-state index contributed by atoms with van der Waals surface area (Å²) in [5, 5.41) is 3.83. The second-order valence-corrected chi connectivity index (χ2v) is 7.48. The van der Waals surface area contributed by atoms with Crippen LogP contribution in [0.2, 0.25) is 0 Å². The maximum absolute atomic E-state index is 12.0. The number of hydrogen-bond donors (Lipinski definition) is 2. The van der Waals surface area contributed by atoms with Crippen molar-refractivity contribution in [3.05, 3.63) is 72.1 Å². The van der Waals surface area contributed by atoms with Crippen molar-refractivity contribution in [2.75, 3.05) is 11.6 Å². The molecule has 0 atom stereocenters. The first-order valence-corrected chi connectivity index (χ1v) is 10.9. The summed E-state index contributed by atoms with van der Waals surface area (Å²) < 4.78 is 0. The zero-order valence-corrected chi connectivity index (χ0v) is 18.2. The molecule has 7 heteroatoms. The summed E-state index contributed by atoms with van der Waals surface area (Å²) >= 11 is 1.39. The molecule has 1 aromatic heterocycles. The number of nitrogens with two attached hydrogens (primary N) is 1. The minimum atomic E-state index is -0.133. The van der Waals surface area contributed by atoms with Gasteiger partial charge in [-0.25, -0.2) is 9.97 Å². The molecule has 3 aromatic rings. The van der Waals surface area contributed by atoms with E-state index in [0.29, 0.717) is 17.5 Å². The van der Waals surface area contributed by atoms with Crippen LogP contribution in [0.3, 0.4) is 0 Å². The molecule has 0 fully saturated rings. The summed E-state index contributed by atoms with van der Waals surface area (Å²) in [6.07, 6.45) is 3.63. The molecule has 0 bridgehead atoms. The number of carbonyl (C=O) groups is 1. The smallest absolute Gasteiger partial charge is 0.209 e. The molecule has 0 spiro atoms. The fraction of sp³-hybridized carbons (Fsp3) is 0.167. The number of hydrogen-bond acceptors (Lipinski definition) is 6. The molecule has 0 aliphatic carbocycles. The van der Waals surface area contributed by atoms with Crippen molar-refractivity contribution in [3.8, 4) is 23.1 Å². The van der Waals surface area contributed by atoms with Crippen LogP contribution in [0.5, 0.6) is 0 Å². The Morgan fingerprint density at radius 1 is 1.13 bits per heavy atom. The molecule has 3 rings (SSSR count). The number of nitrogens with zero attached hydrogens (tertiary/aromatic N) is 3. The van der Waals surface area contributed by atoms with E-state index >= 15 is 0 Å². The van der Waals surface area contributed by atoms with Crippen molar-refractivity contribution in [1.29, 1.82) is 0 Å². The molecule has 0 saturated carbocycles. The zero-order chi connectivity index (χ0) is 22.1. The molecular formula is C24H23N5OS. The molecule has 0 radical (unpaired) electrons. The number of Topliss-reactive ketones (excluding diaryl/α,β-unsaturated/α-hetero) is 1. The van der Waals surface area contributed by atoms with Gasteiger partial charge in [0.15, 0.2) is 5.17 Å². The standard InChI is InChI=1S/C24H23N5OS/c1-3-7-21(30)13-17-10-18(15-26-24(25)31-2)12-20(11-17)29-23-14-22(27-16-28-23)19-8-5-4-6-9-19/h4-6,8-12,14,16H,13,15H2,1-2H3,(H2,25,26)(H,27,28,29). The number of benzene rings is 2. The molecule has 1 heterocycles. The van der Waals surface area contributed by atoms with E-state index in [0.717, 1.165) is 28.1 Å². The van der Waals surface area contributed by atoms with Gasteiger partial charge < -0.3 is 11.1 Å². The van der Waals surface area contributed by atoms with Gasteiger partial charge in [-0.15, -0.1) is 0 Å². The molecular weight excluding hydrogens is 406 g/mol. The Morgan fingerprint density at radius 2 is 1.90 bits per heavy atom. The van der Waals surface area contributed by atoms with Crippen molar-refractivity contribution >= 4 is 34.2 Å². The van der Waals surface area contributed by atoms with Crippen molar-refractivity contribution in [1.82, 2.24) is 9.97 Å². The van der Waals surface area contributed by atoms with Gasteiger partial charge in [-0.05, 0) is 42.4 Å². The lowest BCUT2D eigenvalue weighted by atomic mass is 10.0. The normalized spacial score (nSPS) is 10.8. The van der Waals surface area contributed by atoms with E-state index in [4.69, 9.17) is 5.73 Å². The first-order chi connectivity index (χ1) is 15.1. The van der Waals surface area contributed by atoms with Gasteiger partial charge in [-0.2, -0.15) is 0 Å². The van der Waals surface area contributed by atoms with Gasteiger partial charge in [0, 0.05) is 23.7 Å². The van der Waals surface area contributed by atoms with Gasteiger partial charge in [0.1, 0.15) is 12.1 Å². The number of ketones is 1. The Kier molecular flexibility index (Phi) is 7.79. The number of amidine groups is 1. The Bertz CT molecular complexity index is 1150. The van der Waals surface area contributed by atoms with E-state index in [-0.39, 0.29) is 12.2 Å². The van der Waals surface area contributed by atoms with Crippen LogP contribution in [-0.4, -0.2) is 27.2 Å². The van der Waals surface area contributed by atoms with Crippen LogP contribution in [0.25, 0.3) is 11.3 Å². The minimum Gasteiger partial charge on any atom is -0.379 e. The molecule has 31 heavy (non-hydrogen) atoms. The average Bonchev–Trinajstić information content (AvgIpc) is 2.78. The molecule has 0 saturated heterocycles. The second-order valence-electron chi connectivity index (χ2n) is 6.65. The number of aliphatic imine (C=N–C) groups is 1. The van der Waals surface area contributed by atoms with Crippen LogP contribution in [-0.2, 0) is 17.8 Å². The lowest BCUT2D eigenvalue weighted by molar-refractivity contribution is -0.113. The van der Waals surface area contributed by atoms with Crippen LogP contribution < -0.4 is 11.1 Å². The topological polar surface area (TPSA) is 93.3 Å². The summed E-state index contributed by atoms with van der Waals surface area (Å²) in [7, 11) is 0. The maximum atomic E-state index is 12.0. The van der Waals surface area contributed by atoms with Gasteiger partial charge in [0.05, 0.1) is 12.2 Å². The van der Waals surface area contributed by atoms with Gasteiger partial charge >= 0.3 is 0 Å². The summed E-state index contributed by atoms with van der Waals surface area (Å²) in [4.78, 5) is 25.1. The van der Waals surface area contributed by atoms with Crippen molar-refractivity contribution in [2.45, 2.75) is 19.9 Å². The van der Waals surface area contributed by atoms with Crippen molar-refractivity contribution in [3.63, 3.8) is 0 Å². The highest BCUT2D eigenvalue weighted by Crippen LogP contribution is 2.23. The van der Waals surface area contributed by atoms with Gasteiger partial charge in [-0.3, -0.25) is 9.79 Å². The number of rotatable bonds is 7. The van der Waals surface area contributed by atoms with E-state index in [1.165, 1.54) is 18.1 Å².